The highest BCUT2D eigenvalue weighted by atomic mass is 16.1. The Morgan fingerprint density at radius 2 is 1.30 bits per heavy atom. The van der Waals surface area contributed by atoms with Gasteiger partial charge in [-0.15, -0.1) is 0 Å². The molecule has 0 fully saturated rings. The third-order valence-electron chi connectivity index (χ3n) is 1.29. The first kappa shape index (κ1) is 6.93. The van der Waals surface area contributed by atoms with Crippen molar-refractivity contribution < 1.29 is 9.59 Å². The molecule has 0 saturated heterocycles. The standard InChI is InChI=1S/C8H8O2/c9-7-3-1-2-4-8(10)6-5-7/h1-4H,5-6H2/b3-1-,4-2-. The second-order valence-corrected chi connectivity index (χ2v) is 2.15. The second-order valence-electron chi connectivity index (χ2n) is 2.15. The largest absolute Gasteiger partial charge is 0.295 e. The molecule has 1 aliphatic rings. The van der Waals surface area contributed by atoms with Gasteiger partial charge < -0.3 is 0 Å². The van der Waals surface area contributed by atoms with Gasteiger partial charge in [0.15, 0.2) is 11.6 Å². The quantitative estimate of drug-likeness (QED) is 0.498. The number of rotatable bonds is 0. The molecule has 0 unspecified atom stereocenters. The van der Waals surface area contributed by atoms with E-state index in [1.165, 1.54) is 12.2 Å². The number of hydrogen-bond donors (Lipinski definition) is 0. The molecule has 0 N–H and O–H groups in total. The Bertz CT molecular complexity index is 187. The summed E-state index contributed by atoms with van der Waals surface area (Å²) in [4.78, 5) is 21.4. The van der Waals surface area contributed by atoms with Crippen LogP contribution in [0.2, 0.25) is 0 Å². The molecular weight excluding hydrogens is 128 g/mol. The zero-order valence-electron chi connectivity index (χ0n) is 5.54. The van der Waals surface area contributed by atoms with Crippen molar-refractivity contribution in [3.8, 4) is 0 Å². The molecule has 0 spiro atoms. The molecule has 1 rings (SSSR count). The Morgan fingerprint density at radius 3 is 1.70 bits per heavy atom. The van der Waals surface area contributed by atoms with Gasteiger partial charge in [0.2, 0.25) is 0 Å². The molecule has 2 nitrogen and oxygen atoms in total. The summed E-state index contributed by atoms with van der Waals surface area (Å²) >= 11 is 0. The first-order chi connectivity index (χ1) is 4.79. The van der Waals surface area contributed by atoms with Crippen LogP contribution in [0.15, 0.2) is 24.3 Å². The van der Waals surface area contributed by atoms with E-state index in [9.17, 15) is 9.59 Å². The van der Waals surface area contributed by atoms with Crippen LogP contribution in [0.25, 0.3) is 0 Å². The number of carbonyl (C=O) groups is 2. The van der Waals surface area contributed by atoms with E-state index in [1.54, 1.807) is 12.2 Å². The minimum Gasteiger partial charge on any atom is -0.295 e. The summed E-state index contributed by atoms with van der Waals surface area (Å²) in [5.41, 5.74) is 0. The first-order valence-electron chi connectivity index (χ1n) is 3.19. The average Bonchev–Trinajstić information content (AvgIpc) is 1.90. The van der Waals surface area contributed by atoms with Gasteiger partial charge >= 0.3 is 0 Å². The molecule has 52 valence electrons. The maximum atomic E-state index is 10.7. The molecule has 10 heavy (non-hydrogen) atoms. The summed E-state index contributed by atoms with van der Waals surface area (Å²) in [6.45, 7) is 0. The third-order valence-corrected chi connectivity index (χ3v) is 1.29. The van der Waals surface area contributed by atoms with Crippen LogP contribution in [0.3, 0.4) is 0 Å². The normalized spacial score (nSPS) is 25.2. The molecule has 0 bridgehead atoms. The van der Waals surface area contributed by atoms with Crippen LogP contribution in [-0.4, -0.2) is 11.6 Å². The zero-order valence-corrected chi connectivity index (χ0v) is 5.54. The fourth-order valence-electron chi connectivity index (χ4n) is 0.739. The molecule has 0 aromatic heterocycles. The van der Waals surface area contributed by atoms with Gasteiger partial charge in [-0.25, -0.2) is 0 Å². The lowest BCUT2D eigenvalue weighted by molar-refractivity contribution is -0.119. The van der Waals surface area contributed by atoms with E-state index >= 15 is 0 Å². The van der Waals surface area contributed by atoms with Gasteiger partial charge in [-0.1, -0.05) is 12.2 Å². The van der Waals surface area contributed by atoms with Crippen LogP contribution in [0.1, 0.15) is 12.8 Å². The third kappa shape index (κ3) is 1.97. The summed E-state index contributed by atoms with van der Waals surface area (Å²) in [5, 5.41) is 0. The lowest BCUT2D eigenvalue weighted by Gasteiger charge is -1.94. The number of hydrogen-bond acceptors (Lipinski definition) is 2. The molecule has 0 atom stereocenters. The van der Waals surface area contributed by atoms with Crippen LogP contribution < -0.4 is 0 Å². The van der Waals surface area contributed by atoms with E-state index in [0.29, 0.717) is 12.8 Å². The number of carbonyl (C=O) groups excluding carboxylic acids is 2. The predicted octanol–water partition coefficient (Wildman–Crippen LogP) is 1.03. The molecule has 0 aliphatic heterocycles. The van der Waals surface area contributed by atoms with Gasteiger partial charge in [-0.3, -0.25) is 9.59 Å². The van der Waals surface area contributed by atoms with E-state index < -0.39 is 0 Å². The van der Waals surface area contributed by atoms with Gasteiger partial charge in [0, 0.05) is 12.8 Å². The molecule has 0 aromatic rings. The van der Waals surface area contributed by atoms with Crippen molar-refractivity contribution in [2.45, 2.75) is 12.8 Å². The Labute approximate surface area is 59.2 Å². The highest BCUT2D eigenvalue weighted by molar-refractivity contribution is 5.97. The van der Waals surface area contributed by atoms with Crippen molar-refractivity contribution in [2.24, 2.45) is 0 Å². The molecule has 0 amide bonds. The fraction of sp³-hybridized carbons (Fsp3) is 0.250. The van der Waals surface area contributed by atoms with Gasteiger partial charge in [0.25, 0.3) is 0 Å². The van der Waals surface area contributed by atoms with E-state index in [0.717, 1.165) is 0 Å². The molecule has 0 heterocycles. The lowest BCUT2D eigenvalue weighted by Crippen LogP contribution is -2.00. The van der Waals surface area contributed by atoms with Gasteiger partial charge in [0.1, 0.15) is 0 Å². The van der Waals surface area contributed by atoms with Crippen molar-refractivity contribution in [3.05, 3.63) is 24.3 Å². The van der Waals surface area contributed by atoms with Crippen LogP contribution in [0, 0.1) is 0 Å². The Hall–Kier alpha value is -1.18. The van der Waals surface area contributed by atoms with Crippen molar-refractivity contribution in [1.82, 2.24) is 0 Å². The van der Waals surface area contributed by atoms with Crippen molar-refractivity contribution >= 4 is 11.6 Å². The van der Waals surface area contributed by atoms with Crippen molar-refractivity contribution in [3.63, 3.8) is 0 Å². The second kappa shape index (κ2) is 3.11. The van der Waals surface area contributed by atoms with Gasteiger partial charge in [-0.05, 0) is 12.2 Å². The Balaban J connectivity index is 2.70. The van der Waals surface area contributed by atoms with Crippen LogP contribution in [-0.2, 0) is 9.59 Å². The summed E-state index contributed by atoms with van der Waals surface area (Å²) in [6, 6.07) is 0. The Kier molecular flexibility index (Phi) is 2.15. The molecular formula is C8H8O2. The van der Waals surface area contributed by atoms with Crippen LogP contribution in [0.5, 0.6) is 0 Å². The molecule has 2 heteroatoms. The van der Waals surface area contributed by atoms with Crippen molar-refractivity contribution in [2.75, 3.05) is 0 Å². The molecule has 0 aromatic carbocycles. The van der Waals surface area contributed by atoms with Crippen LogP contribution in [0.4, 0.5) is 0 Å². The molecule has 0 radical (unpaired) electrons. The summed E-state index contributed by atoms with van der Waals surface area (Å²) < 4.78 is 0. The minimum atomic E-state index is 0.0256. The average molecular weight is 136 g/mol. The highest BCUT2D eigenvalue weighted by Crippen LogP contribution is 1.98. The SMILES string of the molecule is O=C1/C=C\C=C/C(=O)CC1. The van der Waals surface area contributed by atoms with E-state index in [2.05, 4.69) is 0 Å². The maximum Gasteiger partial charge on any atom is 0.156 e. The Morgan fingerprint density at radius 1 is 0.900 bits per heavy atom. The minimum absolute atomic E-state index is 0.0256. The monoisotopic (exact) mass is 136 g/mol. The molecule has 0 saturated carbocycles. The zero-order chi connectivity index (χ0) is 7.40. The highest BCUT2D eigenvalue weighted by Gasteiger charge is 2.02. The lowest BCUT2D eigenvalue weighted by atomic mass is 10.1. The fourth-order valence-corrected chi connectivity index (χ4v) is 0.739. The van der Waals surface area contributed by atoms with E-state index in [-0.39, 0.29) is 11.6 Å². The van der Waals surface area contributed by atoms with Gasteiger partial charge in [0.05, 0.1) is 0 Å². The van der Waals surface area contributed by atoms with E-state index in [4.69, 9.17) is 0 Å². The molecule has 1 aliphatic carbocycles. The number of ketones is 2. The van der Waals surface area contributed by atoms with E-state index in [1.807, 2.05) is 0 Å². The topological polar surface area (TPSA) is 34.1 Å². The summed E-state index contributed by atoms with van der Waals surface area (Å²) in [5.74, 6) is 0.0513. The summed E-state index contributed by atoms with van der Waals surface area (Å²) in [7, 11) is 0. The maximum absolute atomic E-state index is 10.7. The van der Waals surface area contributed by atoms with Crippen molar-refractivity contribution in [1.29, 1.82) is 0 Å². The summed E-state index contributed by atoms with van der Waals surface area (Å²) in [6.07, 6.45) is 6.87. The number of allylic oxidation sites excluding steroid dienone is 4. The van der Waals surface area contributed by atoms with Gasteiger partial charge in [-0.2, -0.15) is 0 Å². The predicted molar refractivity (Wildman–Crippen MR) is 37.5 cm³/mol. The smallest absolute Gasteiger partial charge is 0.156 e. The first-order valence-corrected chi connectivity index (χ1v) is 3.19. The van der Waals surface area contributed by atoms with Crippen LogP contribution >= 0.6 is 0 Å².